The summed E-state index contributed by atoms with van der Waals surface area (Å²) in [6.45, 7) is 9.74. The summed E-state index contributed by atoms with van der Waals surface area (Å²) >= 11 is 0. The second-order valence-corrected chi connectivity index (χ2v) is 7.36. The predicted molar refractivity (Wildman–Crippen MR) is 108 cm³/mol. The molecule has 1 fully saturated rings. The average Bonchev–Trinajstić information content (AvgIpc) is 2.68. The molecule has 0 saturated carbocycles. The molecule has 1 aliphatic rings. The van der Waals surface area contributed by atoms with Gasteiger partial charge < -0.3 is 9.64 Å². The molecule has 0 aliphatic carbocycles. The summed E-state index contributed by atoms with van der Waals surface area (Å²) in [7, 11) is 0. The molecule has 6 heteroatoms. The Labute approximate surface area is 166 Å². The fourth-order valence-corrected chi connectivity index (χ4v) is 3.42. The Morgan fingerprint density at radius 3 is 2.68 bits per heavy atom. The van der Waals surface area contributed by atoms with Crippen molar-refractivity contribution < 1.29 is 9.53 Å². The number of benzene rings is 1. The highest BCUT2D eigenvalue weighted by molar-refractivity contribution is 5.96. The van der Waals surface area contributed by atoms with Gasteiger partial charge in [0.05, 0.1) is 17.7 Å². The summed E-state index contributed by atoms with van der Waals surface area (Å²) in [5, 5.41) is 9.06. The molecule has 0 spiro atoms. The molecule has 1 aliphatic heterocycles. The monoisotopic (exact) mass is 378 g/mol. The standard InChI is InChI=1S/C22H26N4O2/c1-16(2)28-22(27)20-17(3)7-8-24-21(20)26-11-9-25(10-12-26)15-19-6-4-5-18(13-19)14-23/h4-8,13,16H,9-12,15H2,1-3H3. The molecule has 1 aromatic carbocycles. The molecule has 1 saturated heterocycles. The Kier molecular flexibility index (Phi) is 6.27. The second-order valence-electron chi connectivity index (χ2n) is 7.36. The number of hydrogen-bond acceptors (Lipinski definition) is 6. The van der Waals surface area contributed by atoms with Gasteiger partial charge in [0.2, 0.25) is 0 Å². The quantitative estimate of drug-likeness (QED) is 0.745. The minimum Gasteiger partial charge on any atom is -0.459 e. The molecular formula is C22H26N4O2. The van der Waals surface area contributed by atoms with Crippen LogP contribution >= 0.6 is 0 Å². The summed E-state index contributed by atoms with van der Waals surface area (Å²) < 4.78 is 5.43. The molecule has 6 nitrogen and oxygen atoms in total. The maximum atomic E-state index is 12.6. The number of ether oxygens (including phenoxy) is 1. The number of rotatable bonds is 5. The largest absolute Gasteiger partial charge is 0.459 e. The molecule has 0 bridgehead atoms. The first-order valence-corrected chi connectivity index (χ1v) is 9.61. The van der Waals surface area contributed by atoms with Crippen LogP contribution in [0.2, 0.25) is 0 Å². The molecule has 3 rings (SSSR count). The van der Waals surface area contributed by atoms with Gasteiger partial charge in [-0.15, -0.1) is 0 Å². The van der Waals surface area contributed by atoms with Gasteiger partial charge in [-0.05, 0) is 50.1 Å². The fourth-order valence-electron chi connectivity index (χ4n) is 3.42. The Hall–Kier alpha value is -2.91. The van der Waals surface area contributed by atoms with Crippen LogP contribution in [0.25, 0.3) is 0 Å². The van der Waals surface area contributed by atoms with Gasteiger partial charge in [0.15, 0.2) is 0 Å². The highest BCUT2D eigenvalue weighted by Crippen LogP contribution is 2.24. The molecule has 0 unspecified atom stereocenters. The lowest BCUT2D eigenvalue weighted by Crippen LogP contribution is -2.46. The first kappa shape index (κ1) is 19.8. The van der Waals surface area contributed by atoms with Crippen molar-refractivity contribution in [2.75, 3.05) is 31.1 Å². The smallest absolute Gasteiger partial charge is 0.342 e. The van der Waals surface area contributed by atoms with Crippen LogP contribution in [-0.4, -0.2) is 48.1 Å². The van der Waals surface area contributed by atoms with Gasteiger partial charge in [-0.1, -0.05) is 12.1 Å². The third-order valence-corrected chi connectivity index (χ3v) is 4.82. The van der Waals surface area contributed by atoms with E-state index in [2.05, 4.69) is 26.9 Å². The van der Waals surface area contributed by atoms with Crippen LogP contribution in [0.5, 0.6) is 0 Å². The van der Waals surface area contributed by atoms with E-state index in [0.29, 0.717) is 16.9 Å². The Morgan fingerprint density at radius 1 is 1.25 bits per heavy atom. The highest BCUT2D eigenvalue weighted by Gasteiger charge is 2.25. The van der Waals surface area contributed by atoms with E-state index in [1.165, 1.54) is 0 Å². The van der Waals surface area contributed by atoms with Crippen LogP contribution in [0, 0.1) is 18.3 Å². The summed E-state index contributed by atoms with van der Waals surface area (Å²) in [6, 6.07) is 11.8. The van der Waals surface area contributed by atoms with Crippen LogP contribution in [0.1, 0.15) is 40.9 Å². The summed E-state index contributed by atoms with van der Waals surface area (Å²) in [5.74, 6) is 0.392. The first-order chi connectivity index (χ1) is 13.5. The van der Waals surface area contributed by atoms with Gasteiger partial charge in [0.1, 0.15) is 11.4 Å². The number of esters is 1. The van der Waals surface area contributed by atoms with Crippen molar-refractivity contribution >= 4 is 11.8 Å². The molecule has 2 heterocycles. The second kappa shape index (κ2) is 8.85. The van der Waals surface area contributed by atoms with Crippen LogP contribution in [0.3, 0.4) is 0 Å². The predicted octanol–water partition coefficient (Wildman–Crippen LogP) is 3.15. The number of nitriles is 1. The number of aromatic nitrogens is 1. The normalized spacial score (nSPS) is 14.8. The SMILES string of the molecule is Cc1ccnc(N2CCN(Cc3cccc(C#N)c3)CC2)c1C(=O)OC(C)C. The van der Waals surface area contributed by atoms with E-state index in [1.54, 1.807) is 6.20 Å². The Bertz CT molecular complexity index is 880. The minimum absolute atomic E-state index is 0.166. The van der Waals surface area contributed by atoms with E-state index in [4.69, 9.17) is 10.00 Å². The molecule has 1 aromatic heterocycles. The fraction of sp³-hybridized carbons (Fsp3) is 0.409. The number of anilines is 1. The molecule has 28 heavy (non-hydrogen) atoms. The van der Waals surface area contributed by atoms with Gasteiger partial charge in [0, 0.05) is 38.9 Å². The first-order valence-electron chi connectivity index (χ1n) is 9.61. The van der Waals surface area contributed by atoms with Gasteiger partial charge in [0.25, 0.3) is 0 Å². The number of pyridine rings is 1. The van der Waals surface area contributed by atoms with E-state index in [-0.39, 0.29) is 12.1 Å². The van der Waals surface area contributed by atoms with Crippen LogP contribution in [0.15, 0.2) is 36.5 Å². The third-order valence-electron chi connectivity index (χ3n) is 4.82. The number of aryl methyl sites for hydroxylation is 1. The molecule has 0 atom stereocenters. The van der Waals surface area contributed by atoms with Crippen molar-refractivity contribution in [2.24, 2.45) is 0 Å². The molecular weight excluding hydrogens is 352 g/mol. The zero-order valence-corrected chi connectivity index (χ0v) is 16.7. The lowest BCUT2D eigenvalue weighted by Gasteiger charge is -2.36. The van der Waals surface area contributed by atoms with Crippen molar-refractivity contribution in [1.82, 2.24) is 9.88 Å². The number of piperazine rings is 1. The Morgan fingerprint density at radius 2 is 2.00 bits per heavy atom. The van der Waals surface area contributed by atoms with E-state index in [9.17, 15) is 4.79 Å². The van der Waals surface area contributed by atoms with Crippen LogP contribution in [-0.2, 0) is 11.3 Å². The van der Waals surface area contributed by atoms with Crippen LogP contribution < -0.4 is 4.90 Å². The zero-order valence-electron chi connectivity index (χ0n) is 16.7. The maximum Gasteiger partial charge on any atom is 0.342 e. The molecule has 146 valence electrons. The summed E-state index contributed by atoms with van der Waals surface area (Å²) in [5.41, 5.74) is 3.27. The van der Waals surface area contributed by atoms with Gasteiger partial charge in [-0.25, -0.2) is 9.78 Å². The van der Waals surface area contributed by atoms with Crippen molar-refractivity contribution in [3.05, 3.63) is 58.8 Å². The Balaban J connectivity index is 1.69. The van der Waals surface area contributed by atoms with Crippen molar-refractivity contribution in [3.8, 4) is 6.07 Å². The molecule has 0 radical (unpaired) electrons. The topological polar surface area (TPSA) is 69.5 Å². The minimum atomic E-state index is -0.314. The number of carbonyl (C=O) groups excluding carboxylic acids is 1. The maximum absolute atomic E-state index is 12.6. The van der Waals surface area contributed by atoms with E-state index in [0.717, 1.165) is 43.9 Å². The average molecular weight is 378 g/mol. The lowest BCUT2D eigenvalue weighted by atomic mass is 10.1. The number of carbonyl (C=O) groups is 1. The van der Waals surface area contributed by atoms with Crippen molar-refractivity contribution in [2.45, 2.75) is 33.4 Å². The van der Waals surface area contributed by atoms with E-state index in [1.807, 2.05) is 45.0 Å². The van der Waals surface area contributed by atoms with Crippen molar-refractivity contribution in [3.63, 3.8) is 0 Å². The van der Waals surface area contributed by atoms with Gasteiger partial charge in [-0.2, -0.15) is 5.26 Å². The third kappa shape index (κ3) is 4.68. The van der Waals surface area contributed by atoms with Crippen LogP contribution in [0.4, 0.5) is 5.82 Å². The highest BCUT2D eigenvalue weighted by atomic mass is 16.5. The van der Waals surface area contributed by atoms with Gasteiger partial charge >= 0.3 is 5.97 Å². The lowest BCUT2D eigenvalue weighted by molar-refractivity contribution is 0.0377. The van der Waals surface area contributed by atoms with Gasteiger partial charge in [-0.3, -0.25) is 4.90 Å². The number of nitrogens with zero attached hydrogens (tertiary/aromatic N) is 4. The molecule has 0 N–H and O–H groups in total. The van der Waals surface area contributed by atoms with E-state index < -0.39 is 0 Å². The molecule has 2 aromatic rings. The van der Waals surface area contributed by atoms with Crippen molar-refractivity contribution in [1.29, 1.82) is 5.26 Å². The molecule has 0 amide bonds. The zero-order chi connectivity index (χ0) is 20.1. The summed E-state index contributed by atoms with van der Waals surface area (Å²) in [6.07, 6.45) is 1.58. The summed E-state index contributed by atoms with van der Waals surface area (Å²) in [4.78, 5) is 21.6. The van der Waals surface area contributed by atoms with E-state index >= 15 is 0 Å². The number of hydrogen-bond donors (Lipinski definition) is 0.